The molecule has 0 saturated carbocycles. The highest BCUT2D eigenvalue weighted by Crippen LogP contribution is 2.00. The highest BCUT2D eigenvalue weighted by molar-refractivity contribution is 5.79. The summed E-state index contributed by atoms with van der Waals surface area (Å²) in [6.45, 7) is 4.39. The number of carboxylic acid groups (broad SMARTS) is 1. The van der Waals surface area contributed by atoms with Crippen LogP contribution in [0.4, 0.5) is 0 Å². The van der Waals surface area contributed by atoms with Crippen molar-refractivity contribution in [1.82, 2.24) is 10.2 Å². The van der Waals surface area contributed by atoms with Gasteiger partial charge in [0, 0.05) is 12.6 Å². The van der Waals surface area contributed by atoms with Crippen LogP contribution in [0, 0.1) is 12.3 Å². The van der Waals surface area contributed by atoms with E-state index in [0.29, 0.717) is 6.54 Å². The Morgan fingerprint density at radius 2 is 2.12 bits per heavy atom. The van der Waals surface area contributed by atoms with Gasteiger partial charge in [-0.25, -0.2) is 0 Å². The van der Waals surface area contributed by atoms with Crippen molar-refractivity contribution in [3.63, 3.8) is 0 Å². The molecule has 0 radical (unpaired) electrons. The van der Waals surface area contributed by atoms with E-state index in [1.54, 1.807) is 0 Å². The van der Waals surface area contributed by atoms with Crippen molar-refractivity contribution < 1.29 is 14.7 Å². The molecule has 0 aliphatic rings. The van der Waals surface area contributed by atoms with Crippen LogP contribution in [0.2, 0.25) is 0 Å². The maximum atomic E-state index is 11.7. The summed E-state index contributed by atoms with van der Waals surface area (Å²) < 4.78 is 0. The molecular formula is C11H18N2O3. The Labute approximate surface area is 95.8 Å². The number of terminal acetylenes is 1. The van der Waals surface area contributed by atoms with Crippen molar-refractivity contribution in [1.29, 1.82) is 0 Å². The highest BCUT2D eigenvalue weighted by Gasteiger charge is 2.16. The predicted molar refractivity (Wildman–Crippen MR) is 60.8 cm³/mol. The van der Waals surface area contributed by atoms with Crippen LogP contribution in [0.25, 0.3) is 0 Å². The van der Waals surface area contributed by atoms with E-state index >= 15 is 0 Å². The van der Waals surface area contributed by atoms with Crippen LogP contribution in [0.3, 0.4) is 0 Å². The van der Waals surface area contributed by atoms with Crippen molar-refractivity contribution in [3.05, 3.63) is 0 Å². The van der Waals surface area contributed by atoms with Crippen molar-refractivity contribution in [2.24, 2.45) is 0 Å². The van der Waals surface area contributed by atoms with Crippen LogP contribution in [-0.2, 0) is 9.59 Å². The molecule has 0 rings (SSSR count). The minimum Gasteiger partial charge on any atom is -0.481 e. The zero-order valence-corrected chi connectivity index (χ0v) is 9.69. The molecule has 0 unspecified atom stereocenters. The van der Waals surface area contributed by atoms with E-state index in [2.05, 4.69) is 11.2 Å². The number of carbonyl (C=O) groups is 2. The third kappa shape index (κ3) is 6.04. The number of carboxylic acids is 1. The first-order valence-corrected chi connectivity index (χ1v) is 5.14. The highest BCUT2D eigenvalue weighted by atomic mass is 16.4. The standard InChI is InChI=1S/C11H18N2O3/c1-4-6-12-8-10(14)13(9(2)3)7-5-11(15)16/h1,9,12H,5-8H2,2-3H3,(H,15,16). The first kappa shape index (κ1) is 14.5. The van der Waals surface area contributed by atoms with Crippen LogP contribution in [-0.4, -0.2) is 47.6 Å². The van der Waals surface area contributed by atoms with Gasteiger partial charge in [0.25, 0.3) is 0 Å². The summed E-state index contributed by atoms with van der Waals surface area (Å²) in [7, 11) is 0. The molecule has 0 aromatic heterocycles. The second-order valence-corrected chi connectivity index (χ2v) is 3.63. The molecule has 0 aromatic carbocycles. The Kier molecular flexibility index (Phi) is 6.97. The quantitative estimate of drug-likeness (QED) is 0.470. The maximum absolute atomic E-state index is 11.7. The van der Waals surface area contributed by atoms with Crippen molar-refractivity contribution >= 4 is 11.9 Å². The van der Waals surface area contributed by atoms with Crippen LogP contribution in [0.5, 0.6) is 0 Å². The summed E-state index contributed by atoms with van der Waals surface area (Å²) in [5.41, 5.74) is 0. The minimum atomic E-state index is -0.907. The Balaban J connectivity index is 4.14. The van der Waals surface area contributed by atoms with E-state index in [0.717, 1.165) is 0 Å². The lowest BCUT2D eigenvalue weighted by molar-refractivity contribution is -0.138. The lowest BCUT2D eigenvalue weighted by Gasteiger charge is -2.26. The van der Waals surface area contributed by atoms with Gasteiger partial charge in [0.1, 0.15) is 0 Å². The average Bonchev–Trinajstić information content (AvgIpc) is 2.17. The SMILES string of the molecule is C#CCNCC(=O)N(CCC(=O)O)C(C)C. The summed E-state index contributed by atoms with van der Waals surface area (Å²) in [6, 6.07) is -0.0144. The Morgan fingerprint density at radius 1 is 1.50 bits per heavy atom. The monoisotopic (exact) mass is 226 g/mol. The number of carbonyl (C=O) groups excluding carboxylic acids is 1. The van der Waals surface area contributed by atoms with E-state index in [1.165, 1.54) is 4.90 Å². The van der Waals surface area contributed by atoms with E-state index < -0.39 is 5.97 Å². The molecule has 0 heterocycles. The van der Waals surface area contributed by atoms with Crippen LogP contribution >= 0.6 is 0 Å². The van der Waals surface area contributed by atoms with E-state index in [4.69, 9.17) is 11.5 Å². The van der Waals surface area contributed by atoms with Gasteiger partial charge in [-0.15, -0.1) is 6.42 Å². The Morgan fingerprint density at radius 3 is 2.56 bits per heavy atom. The third-order valence-electron chi connectivity index (χ3n) is 2.01. The summed E-state index contributed by atoms with van der Waals surface area (Å²) in [4.78, 5) is 23.6. The molecule has 90 valence electrons. The molecule has 5 heteroatoms. The molecule has 0 saturated heterocycles. The summed E-state index contributed by atoms with van der Waals surface area (Å²) in [6.07, 6.45) is 4.99. The number of amides is 1. The number of aliphatic carboxylic acids is 1. The van der Waals surface area contributed by atoms with Crippen molar-refractivity contribution in [2.45, 2.75) is 26.3 Å². The second-order valence-electron chi connectivity index (χ2n) is 3.63. The molecule has 0 atom stereocenters. The molecule has 0 aliphatic heterocycles. The molecule has 0 spiro atoms. The topological polar surface area (TPSA) is 69.6 Å². The Bertz CT molecular complexity index is 281. The molecule has 16 heavy (non-hydrogen) atoms. The van der Waals surface area contributed by atoms with Gasteiger partial charge in [0.05, 0.1) is 19.5 Å². The normalized spacial score (nSPS) is 9.88. The third-order valence-corrected chi connectivity index (χ3v) is 2.01. The smallest absolute Gasteiger partial charge is 0.305 e. The van der Waals surface area contributed by atoms with Crippen LogP contribution in [0.1, 0.15) is 20.3 Å². The molecule has 5 nitrogen and oxygen atoms in total. The van der Waals surface area contributed by atoms with Gasteiger partial charge in [0.2, 0.25) is 5.91 Å². The molecule has 0 fully saturated rings. The van der Waals surface area contributed by atoms with Crippen LogP contribution < -0.4 is 5.32 Å². The lowest BCUT2D eigenvalue weighted by Crippen LogP contribution is -2.43. The fourth-order valence-corrected chi connectivity index (χ4v) is 1.23. The first-order chi connectivity index (χ1) is 7.49. The van der Waals surface area contributed by atoms with Gasteiger partial charge in [0.15, 0.2) is 0 Å². The number of rotatable bonds is 7. The van der Waals surface area contributed by atoms with Gasteiger partial charge in [-0.2, -0.15) is 0 Å². The molecule has 0 bridgehead atoms. The fraction of sp³-hybridized carbons (Fsp3) is 0.636. The molecule has 2 N–H and O–H groups in total. The molecular weight excluding hydrogens is 208 g/mol. The lowest BCUT2D eigenvalue weighted by atomic mass is 10.2. The summed E-state index contributed by atoms with van der Waals surface area (Å²) in [5, 5.41) is 11.3. The van der Waals surface area contributed by atoms with Gasteiger partial charge in [-0.1, -0.05) is 5.92 Å². The van der Waals surface area contributed by atoms with E-state index in [-0.39, 0.29) is 31.5 Å². The molecule has 0 aliphatic carbocycles. The van der Waals surface area contributed by atoms with E-state index in [9.17, 15) is 9.59 Å². The minimum absolute atomic E-state index is 0.0144. The average molecular weight is 226 g/mol. The second kappa shape index (κ2) is 7.71. The number of hydrogen-bond acceptors (Lipinski definition) is 3. The molecule has 0 aromatic rings. The van der Waals surface area contributed by atoms with Gasteiger partial charge < -0.3 is 10.0 Å². The first-order valence-electron chi connectivity index (χ1n) is 5.14. The molecule has 1 amide bonds. The summed E-state index contributed by atoms with van der Waals surface area (Å²) in [5.74, 6) is 1.33. The Hall–Kier alpha value is -1.54. The van der Waals surface area contributed by atoms with Crippen molar-refractivity contribution in [3.8, 4) is 12.3 Å². The van der Waals surface area contributed by atoms with Gasteiger partial charge in [-0.3, -0.25) is 14.9 Å². The zero-order chi connectivity index (χ0) is 12.6. The van der Waals surface area contributed by atoms with Crippen LogP contribution in [0.15, 0.2) is 0 Å². The zero-order valence-electron chi connectivity index (χ0n) is 9.69. The largest absolute Gasteiger partial charge is 0.481 e. The van der Waals surface area contributed by atoms with Gasteiger partial charge >= 0.3 is 5.97 Å². The maximum Gasteiger partial charge on any atom is 0.305 e. The van der Waals surface area contributed by atoms with Gasteiger partial charge in [-0.05, 0) is 13.8 Å². The number of nitrogens with zero attached hydrogens (tertiary/aromatic N) is 1. The number of nitrogens with one attached hydrogen (secondary N) is 1. The fourth-order valence-electron chi connectivity index (χ4n) is 1.23. The van der Waals surface area contributed by atoms with Crippen molar-refractivity contribution in [2.75, 3.05) is 19.6 Å². The number of hydrogen-bond donors (Lipinski definition) is 2. The predicted octanol–water partition coefficient (Wildman–Crippen LogP) is -0.0791. The van der Waals surface area contributed by atoms with E-state index in [1.807, 2.05) is 13.8 Å². The summed E-state index contributed by atoms with van der Waals surface area (Å²) >= 11 is 0.